The standard InChI is InChI=1S/C36H43ClFN5O8S/c1-5-50-31-15-25(29(38)14-26(31)34(44)39-52(47,48)43-21-6-7-22(43)9-8-21)35(45)42-11-10-24-27(18-42)36(46)51-33-20(2)30(16-28(37)32(24)33)41-13-12-40(3)23(17-41)19-49-4/h14-16,21-23H,5-13,17-19H2,1-4H3,(H,39,44)/t21?,22?,23-/m1/s1. The number of piperazine rings is 1. The predicted molar refractivity (Wildman–Crippen MR) is 193 cm³/mol. The van der Waals surface area contributed by atoms with Crippen LogP contribution in [0.3, 0.4) is 0 Å². The molecular formula is C36H43ClFN5O8S. The fourth-order valence-corrected chi connectivity index (χ4v) is 10.3. The molecule has 1 aromatic heterocycles. The van der Waals surface area contributed by atoms with E-state index >= 15 is 4.39 Å². The van der Waals surface area contributed by atoms with Crippen molar-refractivity contribution in [2.45, 2.75) is 70.6 Å². The third-order valence-corrected chi connectivity index (χ3v) is 12.9. The van der Waals surface area contributed by atoms with Gasteiger partial charge in [0.05, 0.1) is 47.5 Å². The Labute approximate surface area is 306 Å². The molecule has 0 radical (unpaired) electrons. The number of hydrogen-bond donors (Lipinski definition) is 1. The molecule has 5 heterocycles. The van der Waals surface area contributed by atoms with Crippen molar-refractivity contribution in [1.82, 2.24) is 18.8 Å². The summed E-state index contributed by atoms with van der Waals surface area (Å²) in [6.07, 6.45) is 3.19. The van der Waals surface area contributed by atoms with Crippen molar-refractivity contribution in [3.05, 3.63) is 67.3 Å². The van der Waals surface area contributed by atoms with Crippen LogP contribution in [0.2, 0.25) is 5.02 Å². The SMILES string of the molecule is CCOc1cc(C(=O)N2CCc3c(c(=O)oc4c(C)c(N5CCN(C)[C@@H](COC)C5)cc(Cl)c34)C2)c(F)cc1C(=O)NS(=O)(=O)N1C2CCC1CC2. The molecule has 2 amide bonds. The molecule has 280 valence electrons. The molecule has 0 aliphatic carbocycles. The first kappa shape index (κ1) is 36.6. The quantitative estimate of drug-likeness (QED) is 0.320. The van der Waals surface area contributed by atoms with Gasteiger partial charge < -0.3 is 23.7 Å². The number of carbonyl (C=O) groups is 2. The van der Waals surface area contributed by atoms with E-state index in [0.717, 1.165) is 62.2 Å². The van der Waals surface area contributed by atoms with Crippen LogP contribution in [0.1, 0.15) is 70.0 Å². The number of methoxy groups -OCH3 is 1. The van der Waals surface area contributed by atoms with Crippen molar-refractivity contribution in [3.8, 4) is 5.75 Å². The zero-order valence-corrected chi connectivity index (χ0v) is 31.2. The summed E-state index contributed by atoms with van der Waals surface area (Å²) in [6, 6.07) is 3.68. The Bertz CT molecular complexity index is 2090. The van der Waals surface area contributed by atoms with Crippen LogP contribution in [0.25, 0.3) is 11.0 Å². The Kier molecular flexibility index (Phi) is 10.0. The topological polar surface area (TPSA) is 142 Å². The highest BCUT2D eigenvalue weighted by molar-refractivity contribution is 7.87. The Balaban J connectivity index is 1.14. The van der Waals surface area contributed by atoms with Crippen molar-refractivity contribution >= 4 is 50.3 Å². The summed E-state index contributed by atoms with van der Waals surface area (Å²) < 4.78 is 62.4. The van der Waals surface area contributed by atoms with E-state index in [1.165, 1.54) is 9.21 Å². The first-order valence-electron chi connectivity index (χ1n) is 17.7. The van der Waals surface area contributed by atoms with Gasteiger partial charge in [0.25, 0.3) is 11.8 Å². The fourth-order valence-electron chi connectivity index (χ4n) is 8.36. The molecule has 2 bridgehead atoms. The third kappa shape index (κ3) is 6.44. The lowest BCUT2D eigenvalue weighted by Gasteiger charge is -2.41. The minimum absolute atomic E-state index is 0.0677. The Hall–Kier alpha value is -3.76. The van der Waals surface area contributed by atoms with Crippen LogP contribution in [-0.2, 0) is 27.9 Å². The van der Waals surface area contributed by atoms with Gasteiger partial charge in [-0.15, -0.1) is 0 Å². The molecule has 4 aliphatic rings. The molecule has 3 saturated heterocycles. The highest BCUT2D eigenvalue weighted by Crippen LogP contribution is 2.40. The molecule has 3 fully saturated rings. The van der Waals surface area contributed by atoms with Gasteiger partial charge in [-0.3, -0.25) is 14.5 Å². The van der Waals surface area contributed by atoms with Crippen LogP contribution in [0, 0.1) is 12.7 Å². The molecule has 16 heteroatoms. The number of fused-ring (bicyclic) bond motifs is 5. The van der Waals surface area contributed by atoms with Gasteiger partial charge in [-0.05, 0) is 76.8 Å². The molecule has 4 aliphatic heterocycles. The first-order valence-corrected chi connectivity index (χ1v) is 19.5. The van der Waals surface area contributed by atoms with Crippen molar-refractivity contribution in [1.29, 1.82) is 0 Å². The second-order valence-electron chi connectivity index (χ2n) is 14.1. The molecule has 13 nitrogen and oxygen atoms in total. The minimum atomic E-state index is -4.18. The Morgan fingerprint density at radius 2 is 1.77 bits per heavy atom. The van der Waals surface area contributed by atoms with Crippen LogP contribution in [0.15, 0.2) is 27.4 Å². The summed E-state index contributed by atoms with van der Waals surface area (Å²) >= 11 is 6.93. The number of aryl methyl sites for hydroxylation is 1. The molecular weight excluding hydrogens is 717 g/mol. The lowest BCUT2D eigenvalue weighted by atomic mass is 9.94. The van der Waals surface area contributed by atoms with Gasteiger partial charge in [0.2, 0.25) is 0 Å². The molecule has 1 atom stereocenters. The zero-order chi connectivity index (χ0) is 37.1. The predicted octanol–water partition coefficient (Wildman–Crippen LogP) is 3.86. The van der Waals surface area contributed by atoms with Crippen LogP contribution in [0.5, 0.6) is 5.75 Å². The van der Waals surface area contributed by atoms with Gasteiger partial charge in [-0.2, -0.15) is 12.7 Å². The average Bonchev–Trinajstić information content (AvgIpc) is 3.73. The highest BCUT2D eigenvalue weighted by Gasteiger charge is 2.47. The summed E-state index contributed by atoms with van der Waals surface area (Å²) in [5.74, 6) is -2.95. The maximum atomic E-state index is 15.7. The number of hydrogen-bond acceptors (Lipinski definition) is 10. The number of rotatable bonds is 9. The van der Waals surface area contributed by atoms with Crippen molar-refractivity contribution < 1.29 is 36.3 Å². The molecule has 7 rings (SSSR count). The minimum Gasteiger partial charge on any atom is -0.493 e. The summed E-state index contributed by atoms with van der Waals surface area (Å²) in [7, 11) is -0.434. The molecule has 1 N–H and O–H groups in total. The van der Waals surface area contributed by atoms with E-state index in [4.69, 9.17) is 25.5 Å². The molecule has 0 unspecified atom stereocenters. The Morgan fingerprint density at radius 1 is 1.06 bits per heavy atom. The summed E-state index contributed by atoms with van der Waals surface area (Å²) in [4.78, 5) is 46.4. The monoisotopic (exact) mass is 759 g/mol. The zero-order valence-electron chi connectivity index (χ0n) is 29.7. The van der Waals surface area contributed by atoms with Crippen LogP contribution in [0.4, 0.5) is 10.1 Å². The van der Waals surface area contributed by atoms with Crippen molar-refractivity contribution in [2.75, 3.05) is 58.5 Å². The smallest absolute Gasteiger partial charge is 0.341 e. The summed E-state index contributed by atoms with van der Waals surface area (Å²) in [6.45, 7) is 6.50. The Morgan fingerprint density at radius 3 is 2.44 bits per heavy atom. The maximum absolute atomic E-state index is 15.7. The van der Waals surface area contributed by atoms with Gasteiger partial charge in [0, 0.05) is 62.0 Å². The van der Waals surface area contributed by atoms with Gasteiger partial charge in [0.15, 0.2) is 0 Å². The number of benzene rings is 2. The van der Waals surface area contributed by atoms with E-state index in [0.29, 0.717) is 34.7 Å². The largest absolute Gasteiger partial charge is 0.493 e. The van der Waals surface area contributed by atoms with E-state index in [1.807, 2.05) is 13.0 Å². The van der Waals surface area contributed by atoms with Gasteiger partial charge >= 0.3 is 15.8 Å². The van der Waals surface area contributed by atoms with Crippen LogP contribution in [-0.4, -0.2) is 106 Å². The van der Waals surface area contributed by atoms with Crippen molar-refractivity contribution in [2.24, 2.45) is 0 Å². The average molecular weight is 760 g/mol. The number of carbonyl (C=O) groups excluding carboxylic acids is 2. The number of nitrogens with one attached hydrogen (secondary N) is 1. The number of halogens is 2. The molecule has 52 heavy (non-hydrogen) atoms. The van der Waals surface area contributed by atoms with Crippen LogP contribution < -0.4 is 20.0 Å². The molecule has 3 aromatic rings. The van der Waals surface area contributed by atoms with Crippen molar-refractivity contribution in [3.63, 3.8) is 0 Å². The molecule has 2 aromatic carbocycles. The third-order valence-electron chi connectivity index (χ3n) is 11.0. The lowest BCUT2D eigenvalue weighted by molar-refractivity contribution is 0.0726. The number of likely N-dealkylation sites (N-methyl/N-ethyl adjacent to an activating group) is 1. The number of amides is 2. The second-order valence-corrected chi connectivity index (χ2v) is 16.0. The maximum Gasteiger partial charge on any atom is 0.341 e. The number of ether oxygens (including phenoxy) is 2. The van der Waals surface area contributed by atoms with Gasteiger partial charge in [-0.1, -0.05) is 11.6 Å². The molecule has 0 saturated carbocycles. The fraction of sp³-hybridized carbons (Fsp3) is 0.528. The number of nitrogens with zero attached hydrogens (tertiary/aromatic N) is 4. The second kappa shape index (κ2) is 14.2. The van der Waals surface area contributed by atoms with Crippen LogP contribution >= 0.6 is 11.6 Å². The highest BCUT2D eigenvalue weighted by atomic mass is 35.5. The van der Waals surface area contributed by atoms with Gasteiger partial charge in [-0.25, -0.2) is 13.9 Å². The first-order chi connectivity index (χ1) is 24.8. The normalized spacial score (nSPS) is 22.2. The van der Waals surface area contributed by atoms with E-state index < -0.39 is 33.5 Å². The molecule has 0 spiro atoms. The lowest BCUT2D eigenvalue weighted by Crippen LogP contribution is -2.53. The van der Waals surface area contributed by atoms with E-state index in [-0.39, 0.29) is 66.7 Å². The summed E-state index contributed by atoms with van der Waals surface area (Å²) in [5, 5.41) is 1.04. The van der Waals surface area contributed by atoms with E-state index in [2.05, 4.69) is 21.6 Å². The number of anilines is 1. The van der Waals surface area contributed by atoms with Gasteiger partial charge in [0.1, 0.15) is 17.1 Å². The van der Waals surface area contributed by atoms with E-state index in [1.54, 1.807) is 14.0 Å². The van der Waals surface area contributed by atoms with E-state index in [9.17, 15) is 22.8 Å². The summed E-state index contributed by atoms with van der Waals surface area (Å²) in [5.41, 5.74) is 1.65.